The third kappa shape index (κ3) is 19.9. The van der Waals surface area contributed by atoms with Gasteiger partial charge in [0, 0.05) is 98.9 Å². The molecule has 2 aliphatic heterocycles. The minimum atomic E-state index is -4.59. The SMILES string of the molecule is Cc1c(-c2ccc(N3CCc4cccc(C(=O)Nc5nc6ccccc6s5)c4C3)nc2C(=O)O)cnn1CC12CC3(C)CC(C)(C1)CC(OCCN(CCS(=O)(=O)O)C(=O)OCc1ccc(N(C(=O)[C@@H](NC(=O)[C@H](CCC(=O)O)NC(=O)CCCCCN4C(=O)C=CC4=O)C(C)C)[C@@H](CCCNC(N)=O)C(N)=O)cc1)(C3)C2. The Kier molecular flexibility index (Phi) is 25.3. The predicted octanol–water partition coefficient (Wildman–Crippen LogP) is 7.65. The number of carboxylic acids is 2. The average Bonchev–Trinajstić information content (AvgIpc) is 0.869. The van der Waals surface area contributed by atoms with E-state index in [0.29, 0.717) is 97.8 Å². The summed E-state index contributed by atoms with van der Waals surface area (Å²) in [5.41, 5.74) is 15.1. The summed E-state index contributed by atoms with van der Waals surface area (Å²) >= 11 is 1.39. The molecule has 12 rings (SSSR count). The van der Waals surface area contributed by atoms with Crippen LogP contribution in [0.4, 0.5) is 26.2 Å². The summed E-state index contributed by atoms with van der Waals surface area (Å²) in [6, 6.07) is 17.6. The van der Waals surface area contributed by atoms with Gasteiger partial charge in [0.2, 0.25) is 17.7 Å². The van der Waals surface area contributed by atoms with Crippen LogP contribution in [0, 0.1) is 29.1 Å². The fourth-order valence-electron chi connectivity index (χ4n) is 17.8. The smallest absolute Gasteiger partial charge is 0.410 e. The van der Waals surface area contributed by atoms with E-state index in [9.17, 15) is 71.1 Å². The molecule has 34 heteroatoms. The Morgan fingerprint density at radius 2 is 1.51 bits per heavy atom. The third-order valence-electron chi connectivity index (χ3n) is 21.7. The first kappa shape index (κ1) is 82.3. The normalized spacial score (nSPS) is 20.4. The van der Waals surface area contributed by atoms with Gasteiger partial charge >= 0.3 is 24.1 Å². The highest BCUT2D eigenvalue weighted by Crippen LogP contribution is 2.72. The average molecular weight is 1580 g/mol. The summed E-state index contributed by atoms with van der Waals surface area (Å²) < 4.78 is 50.1. The second-order valence-corrected chi connectivity index (χ2v) is 33.9. The zero-order valence-corrected chi connectivity index (χ0v) is 64.9. The number of nitrogens with two attached hydrogens (primary N) is 2. The van der Waals surface area contributed by atoms with Gasteiger partial charge in [0.05, 0.1) is 34.4 Å². The van der Waals surface area contributed by atoms with Gasteiger partial charge in [0.25, 0.3) is 33.7 Å². The zero-order chi connectivity index (χ0) is 80.6. The van der Waals surface area contributed by atoms with Crippen molar-refractivity contribution in [1.29, 1.82) is 0 Å². The van der Waals surface area contributed by atoms with Crippen molar-refractivity contribution in [2.45, 2.75) is 174 Å². The first-order valence-electron chi connectivity index (χ1n) is 37.5. The van der Waals surface area contributed by atoms with Crippen LogP contribution in [0.3, 0.4) is 0 Å². The first-order valence-corrected chi connectivity index (χ1v) is 39.9. The van der Waals surface area contributed by atoms with Crippen LogP contribution in [0.1, 0.15) is 161 Å². The van der Waals surface area contributed by atoms with Crippen LogP contribution >= 0.6 is 11.3 Å². The van der Waals surface area contributed by atoms with E-state index in [2.05, 4.69) is 40.1 Å². The second-order valence-electron chi connectivity index (χ2n) is 31.2. The number of anilines is 3. The number of primary amides is 2. The van der Waals surface area contributed by atoms with Crippen molar-refractivity contribution < 1.29 is 85.4 Å². The lowest BCUT2D eigenvalue weighted by Gasteiger charge is -2.69. The third-order valence-corrected chi connectivity index (χ3v) is 23.4. The van der Waals surface area contributed by atoms with Crippen molar-refractivity contribution in [3.05, 3.63) is 131 Å². The molecule has 112 heavy (non-hydrogen) atoms. The van der Waals surface area contributed by atoms with Crippen LogP contribution < -0.4 is 42.5 Å². The Bertz CT molecular complexity index is 4700. The number of pyridine rings is 1. The Hall–Kier alpha value is -10.7. The highest BCUT2D eigenvalue weighted by molar-refractivity contribution is 7.85. The fraction of sp³-hybridized carbons (Fsp3) is 0.487. The molecule has 4 fully saturated rings. The number of imide groups is 1. The van der Waals surface area contributed by atoms with Gasteiger partial charge in [-0.05, 0) is 165 Å². The largest absolute Gasteiger partial charge is 0.481 e. The number of nitrogens with zero attached hydrogens (tertiary/aromatic N) is 8. The summed E-state index contributed by atoms with van der Waals surface area (Å²) in [6.07, 6.45) is 8.45. The summed E-state index contributed by atoms with van der Waals surface area (Å²) in [7, 11) is -4.59. The van der Waals surface area contributed by atoms with Gasteiger partial charge in [0.15, 0.2) is 10.8 Å². The van der Waals surface area contributed by atoms with Crippen molar-refractivity contribution in [1.82, 2.24) is 45.5 Å². The zero-order valence-electron chi connectivity index (χ0n) is 63.2. The van der Waals surface area contributed by atoms with Gasteiger partial charge in [-0.1, -0.05) is 81.9 Å². The molecule has 32 nitrogen and oxygen atoms in total. The lowest BCUT2D eigenvalue weighted by molar-refractivity contribution is -0.248. The van der Waals surface area contributed by atoms with Crippen LogP contribution in [0.25, 0.3) is 21.3 Å². The highest BCUT2D eigenvalue weighted by Gasteiger charge is 2.66. The molecule has 6 aliphatic rings. The predicted molar refractivity (Wildman–Crippen MR) is 413 cm³/mol. The Balaban J connectivity index is 0.743. The monoisotopic (exact) mass is 1580 g/mol. The number of ether oxygens (including phenoxy) is 2. The molecule has 10 amide bonds. The number of amides is 10. The van der Waals surface area contributed by atoms with Crippen molar-refractivity contribution in [2.24, 2.45) is 33.6 Å². The number of benzene rings is 3. The van der Waals surface area contributed by atoms with Crippen molar-refractivity contribution >= 4 is 114 Å². The van der Waals surface area contributed by atoms with Gasteiger partial charge in [-0.2, -0.15) is 13.5 Å². The molecule has 4 saturated carbocycles. The van der Waals surface area contributed by atoms with Gasteiger partial charge in [0.1, 0.15) is 30.6 Å². The first-order chi connectivity index (χ1) is 53.1. The number of unbranched alkanes of at least 4 members (excludes halogenated alkanes) is 2. The maximum Gasteiger partial charge on any atom is 0.410 e. The summed E-state index contributed by atoms with van der Waals surface area (Å²) in [6.45, 7) is 10.1. The molecule has 3 aromatic heterocycles. The second kappa shape index (κ2) is 34.5. The summed E-state index contributed by atoms with van der Waals surface area (Å²) in [5.74, 6) is -8.07. The summed E-state index contributed by atoms with van der Waals surface area (Å²) in [5, 5.41) is 36.4. The molecule has 4 aliphatic carbocycles. The number of aromatic carboxylic acids is 1. The maximum atomic E-state index is 15.1. The van der Waals surface area contributed by atoms with Gasteiger partial charge < -0.3 is 56.9 Å². The lowest BCUT2D eigenvalue weighted by Crippen LogP contribution is -2.64. The van der Waals surface area contributed by atoms with Crippen molar-refractivity contribution in [3.63, 3.8) is 0 Å². The van der Waals surface area contributed by atoms with E-state index >= 15 is 4.79 Å². The van der Waals surface area contributed by atoms with Crippen LogP contribution in [-0.2, 0) is 79.3 Å². The molecule has 11 N–H and O–H groups in total. The van der Waals surface area contributed by atoms with Crippen LogP contribution in [0.5, 0.6) is 0 Å². The molecule has 5 heterocycles. The number of aliphatic carboxylic acids is 1. The number of hydrogen-bond donors (Lipinski definition) is 9. The van der Waals surface area contributed by atoms with E-state index < -0.39 is 125 Å². The number of aromatic nitrogens is 4. The van der Waals surface area contributed by atoms with E-state index in [1.165, 1.54) is 47.8 Å². The van der Waals surface area contributed by atoms with Gasteiger partial charge in [-0.25, -0.2) is 24.4 Å². The number of carboxylic acid groups (broad SMARTS) is 2. The Morgan fingerprint density at radius 3 is 2.18 bits per heavy atom. The standard InChI is InChI=1S/C78H96N14O18S2/c1-47(2)65(86-69(100)57(24-28-64(96)97)83-61(93)18-7-6-10-31-90-62(94)26-27-63(90)95)70(101)92(58(67(79)98)16-12-30-81-72(80)104)51-21-19-49(20-22-51)39-109-74(105)88(34-36-112(106,107)108)33-35-110-78-43-75(4)40-76(5,44-78)42-77(41-75,45-78)46-91-48(3)54(37-82-91)52-23-25-60(85-66(52)71(102)103)89-32-29-50-13-11-14-53(55(50)38-89)68(99)87-73-84-56-15-8-9-17-59(56)111-73/h8-9,11,13-15,17,19-23,25-27,37,47,57-58,65H,6-7,10,12,16,18,24,28-36,38-46H2,1-5H3,(H2,79,98)(H,83,93)(H,86,100)(H,96,97)(H,102,103)(H3,80,81,104)(H,84,87,99)(H,106,107,108)/t57-,58-,65-,75?,76?,77?,78?/m0/s1. The molecular formula is C78H96N14O18S2. The molecule has 0 saturated heterocycles. The van der Waals surface area contributed by atoms with E-state index in [1.54, 1.807) is 38.2 Å². The van der Waals surface area contributed by atoms with Crippen LogP contribution in [-0.4, -0.2) is 187 Å². The lowest BCUT2D eigenvalue weighted by atomic mass is 9.39. The van der Waals surface area contributed by atoms with Crippen LogP contribution in [0.15, 0.2) is 97.2 Å². The van der Waals surface area contributed by atoms with Crippen molar-refractivity contribution in [3.8, 4) is 11.1 Å². The minimum absolute atomic E-state index is 0.0196. The molecule has 0 spiro atoms. The Morgan fingerprint density at radius 1 is 0.786 bits per heavy atom. The van der Waals surface area contributed by atoms with Crippen molar-refractivity contribution in [2.75, 3.05) is 60.2 Å². The van der Waals surface area contributed by atoms with E-state index in [0.717, 1.165) is 61.0 Å². The van der Waals surface area contributed by atoms with E-state index in [4.69, 9.17) is 31.0 Å². The molecular weight excluding hydrogens is 1490 g/mol. The number of hydrogen-bond acceptors (Lipinski definition) is 20. The number of urea groups is 1. The highest BCUT2D eigenvalue weighted by atomic mass is 32.2. The quantitative estimate of drug-likeness (QED) is 0.0103. The van der Waals surface area contributed by atoms with Gasteiger partial charge in [-0.15, -0.1) is 0 Å². The number of carbonyl (C=O) groups excluding carboxylic acids is 9. The molecule has 598 valence electrons. The topological polar surface area (TPSA) is 458 Å². The van der Waals surface area contributed by atoms with E-state index in [-0.39, 0.29) is 85.5 Å². The number of fused-ring (bicyclic) bond motifs is 2. The number of carbonyl (C=O) groups is 11. The summed E-state index contributed by atoms with van der Waals surface area (Å²) in [4.78, 5) is 159. The fourth-order valence-corrected chi connectivity index (χ4v) is 19.1. The molecule has 0 radical (unpaired) electrons. The molecule has 5 atom stereocenters. The number of nitrogens with one attached hydrogen (secondary N) is 4. The number of thiazole rings is 1. The van der Waals surface area contributed by atoms with Crippen LogP contribution in [0.2, 0.25) is 0 Å². The maximum absolute atomic E-state index is 15.1. The molecule has 4 bridgehead atoms. The number of rotatable bonds is 37. The minimum Gasteiger partial charge on any atom is -0.481 e. The van der Waals surface area contributed by atoms with Gasteiger partial charge in [-0.3, -0.25) is 62.7 Å². The molecule has 6 aromatic rings. The molecule has 3 aromatic carbocycles. The van der Waals surface area contributed by atoms with E-state index in [1.807, 2.05) is 52.9 Å². The Labute approximate surface area is 651 Å². The number of para-hydroxylation sites is 1. The molecule has 2 unspecified atom stereocenters.